The van der Waals surface area contributed by atoms with Crippen molar-refractivity contribution in [2.45, 2.75) is 13.8 Å². The van der Waals surface area contributed by atoms with E-state index in [0.717, 1.165) is 12.1 Å². The summed E-state index contributed by atoms with van der Waals surface area (Å²) in [6, 6.07) is 3.63. The number of carbonyl (C=O) groups excluding carboxylic acids is 1. The quantitative estimate of drug-likeness (QED) is 0.105. The number of nitrogens with one attached hydrogen (secondary N) is 1. The zero-order chi connectivity index (χ0) is 19.6. The van der Waals surface area contributed by atoms with Crippen LogP contribution in [0.15, 0.2) is 27.7 Å². The van der Waals surface area contributed by atoms with E-state index in [-0.39, 0.29) is 17.1 Å². The Morgan fingerprint density at radius 3 is 2.36 bits per heavy atom. The van der Waals surface area contributed by atoms with Gasteiger partial charge in [0.05, 0.1) is 11.9 Å². The van der Waals surface area contributed by atoms with Crippen LogP contribution in [0.2, 0.25) is 0 Å². The summed E-state index contributed by atoms with van der Waals surface area (Å²) in [6.45, 7) is 4.00. The highest BCUT2D eigenvalue weighted by molar-refractivity contribution is 6.34. The molecule has 1 rings (SSSR count). The molecule has 134 valence electrons. The van der Waals surface area contributed by atoms with E-state index in [9.17, 15) is 20.1 Å². The molecular weight excluding hydrogens is 326 g/mol. The number of hydrogen-bond donors (Lipinski definition) is 5. The summed E-state index contributed by atoms with van der Waals surface area (Å²) in [4.78, 5) is 19.4. The molecule has 6 N–H and O–H groups in total. The molecule has 0 atom stereocenters. The Hall–Kier alpha value is -3.54. The summed E-state index contributed by atoms with van der Waals surface area (Å²) in [5.41, 5.74) is 4.50. The molecule has 9 nitrogen and oxygen atoms in total. The number of aromatic hydroxyl groups is 2. The molecule has 9 heteroatoms. The van der Waals surface area contributed by atoms with Gasteiger partial charge in [0.25, 0.3) is 5.91 Å². The van der Waals surface area contributed by atoms with Gasteiger partial charge in [-0.2, -0.15) is 5.26 Å². The number of carbonyl (C=O) groups is 1. The van der Waals surface area contributed by atoms with Gasteiger partial charge < -0.3 is 26.4 Å². The lowest BCUT2D eigenvalue weighted by Gasteiger charge is -2.08. The molecule has 0 saturated heterocycles. The van der Waals surface area contributed by atoms with Crippen molar-refractivity contribution >= 4 is 29.4 Å². The number of phenols is 2. The summed E-state index contributed by atoms with van der Waals surface area (Å²) < 4.78 is 0. The Labute approximate surface area is 145 Å². The Morgan fingerprint density at radius 2 is 1.92 bits per heavy atom. The maximum atomic E-state index is 12.0. The van der Waals surface area contributed by atoms with Crippen LogP contribution in [0.4, 0.5) is 5.69 Å². The second kappa shape index (κ2) is 10.3. The highest BCUT2D eigenvalue weighted by atomic mass is 16.3. The molecule has 0 aliphatic carbocycles. The number of amides is 1. The molecule has 0 unspecified atom stereocenters. The first-order valence-electron chi connectivity index (χ1n) is 7.21. The standard InChI is InChI=1S/C14H15N5O4.C2H6/c1-17-6-11(18-2)19-14(23)8(5-15)12(21)7-3-9(16)13(22)10(20)4-7;1-2/h3-4,6,20-22H,16H2,1-2H3,(H,18,19,23);1-2H3/b12-8-,17-6?;. The molecular formula is C16H21N5O4. The number of amidine groups is 1. The fourth-order valence-corrected chi connectivity index (χ4v) is 1.58. The number of aliphatic hydroxyl groups excluding tert-OH is 1. The number of aliphatic imine (C=N–C) groups is 2. The SMILES string of the molecule is CC.CN=CC(=NC)NC(=O)/C(C#N)=C(\O)c1cc(N)c(O)c(O)c1. The number of aliphatic hydroxyl groups is 1. The van der Waals surface area contributed by atoms with Gasteiger partial charge in [0, 0.05) is 19.7 Å². The van der Waals surface area contributed by atoms with E-state index < -0.39 is 28.7 Å². The second-order valence-electron chi connectivity index (χ2n) is 4.22. The molecule has 1 aromatic carbocycles. The van der Waals surface area contributed by atoms with E-state index in [1.165, 1.54) is 20.3 Å². The second-order valence-corrected chi connectivity index (χ2v) is 4.22. The first-order valence-corrected chi connectivity index (χ1v) is 7.21. The van der Waals surface area contributed by atoms with Crippen molar-refractivity contribution in [3.8, 4) is 17.6 Å². The normalized spacial score (nSPS) is 11.9. The molecule has 0 aliphatic heterocycles. The highest BCUT2D eigenvalue weighted by Gasteiger charge is 2.19. The number of phenolic OH excluding ortho intramolecular Hbond substituents is 2. The van der Waals surface area contributed by atoms with Crippen LogP contribution in [-0.4, -0.2) is 47.4 Å². The van der Waals surface area contributed by atoms with Crippen LogP contribution in [0.3, 0.4) is 0 Å². The number of rotatable bonds is 3. The molecule has 0 aromatic heterocycles. The van der Waals surface area contributed by atoms with E-state index in [1.807, 2.05) is 13.8 Å². The molecule has 0 fully saturated rings. The van der Waals surface area contributed by atoms with Gasteiger partial charge in [-0.05, 0) is 12.1 Å². The van der Waals surface area contributed by atoms with Crippen molar-refractivity contribution < 1.29 is 20.1 Å². The van der Waals surface area contributed by atoms with Crippen molar-refractivity contribution in [1.29, 1.82) is 5.26 Å². The van der Waals surface area contributed by atoms with Crippen LogP contribution in [0.1, 0.15) is 19.4 Å². The number of nitriles is 1. The van der Waals surface area contributed by atoms with Gasteiger partial charge in [0.15, 0.2) is 17.1 Å². The Kier molecular flexibility index (Phi) is 8.82. The Bertz CT molecular complexity index is 737. The van der Waals surface area contributed by atoms with Crippen molar-refractivity contribution in [1.82, 2.24) is 5.32 Å². The average Bonchev–Trinajstić information content (AvgIpc) is 2.61. The van der Waals surface area contributed by atoms with Crippen LogP contribution in [-0.2, 0) is 4.79 Å². The first-order chi connectivity index (χ1) is 11.8. The zero-order valence-corrected chi connectivity index (χ0v) is 14.4. The van der Waals surface area contributed by atoms with Gasteiger partial charge in [-0.3, -0.25) is 14.8 Å². The molecule has 0 heterocycles. The number of benzene rings is 1. The largest absolute Gasteiger partial charge is 0.506 e. The van der Waals surface area contributed by atoms with E-state index in [2.05, 4.69) is 15.3 Å². The maximum Gasteiger partial charge on any atom is 0.271 e. The van der Waals surface area contributed by atoms with Gasteiger partial charge in [-0.15, -0.1) is 0 Å². The maximum absolute atomic E-state index is 12.0. The fourth-order valence-electron chi connectivity index (χ4n) is 1.58. The van der Waals surface area contributed by atoms with Crippen molar-refractivity contribution in [2.75, 3.05) is 19.8 Å². The zero-order valence-electron chi connectivity index (χ0n) is 14.4. The van der Waals surface area contributed by atoms with Crippen molar-refractivity contribution in [3.63, 3.8) is 0 Å². The summed E-state index contributed by atoms with van der Waals surface area (Å²) in [5.74, 6) is -2.71. The molecule has 0 bridgehead atoms. The van der Waals surface area contributed by atoms with Crippen LogP contribution in [0.5, 0.6) is 11.5 Å². The summed E-state index contributed by atoms with van der Waals surface area (Å²) >= 11 is 0. The van der Waals surface area contributed by atoms with E-state index in [0.29, 0.717) is 0 Å². The average molecular weight is 347 g/mol. The van der Waals surface area contributed by atoms with Crippen LogP contribution >= 0.6 is 0 Å². The van der Waals surface area contributed by atoms with Gasteiger partial charge in [0.2, 0.25) is 0 Å². The predicted octanol–water partition coefficient (Wildman–Crippen LogP) is 1.34. The number of anilines is 1. The first kappa shape index (κ1) is 21.5. The topological polar surface area (TPSA) is 164 Å². The number of hydrogen-bond acceptors (Lipinski definition) is 8. The third-order valence-corrected chi connectivity index (χ3v) is 2.70. The number of nitrogens with two attached hydrogens (primary N) is 1. The number of nitrogens with zero attached hydrogens (tertiary/aromatic N) is 3. The van der Waals surface area contributed by atoms with Crippen LogP contribution in [0.25, 0.3) is 5.76 Å². The Morgan fingerprint density at radius 1 is 1.32 bits per heavy atom. The lowest BCUT2D eigenvalue weighted by atomic mass is 10.1. The van der Waals surface area contributed by atoms with Gasteiger partial charge in [-0.25, -0.2) is 0 Å². The van der Waals surface area contributed by atoms with E-state index in [4.69, 9.17) is 11.0 Å². The monoisotopic (exact) mass is 347 g/mol. The van der Waals surface area contributed by atoms with E-state index >= 15 is 0 Å². The molecule has 1 aromatic rings. The van der Waals surface area contributed by atoms with Crippen LogP contribution in [0, 0.1) is 11.3 Å². The molecule has 1 amide bonds. The lowest BCUT2D eigenvalue weighted by molar-refractivity contribution is -0.115. The van der Waals surface area contributed by atoms with Crippen LogP contribution < -0.4 is 11.1 Å². The molecule has 0 radical (unpaired) electrons. The highest BCUT2D eigenvalue weighted by Crippen LogP contribution is 2.34. The van der Waals surface area contributed by atoms with Gasteiger partial charge in [0.1, 0.15) is 17.7 Å². The minimum atomic E-state index is -0.920. The molecule has 0 aliphatic rings. The molecule has 0 spiro atoms. The number of nitrogen functional groups attached to an aromatic ring is 1. The van der Waals surface area contributed by atoms with Crippen molar-refractivity contribution in [3.05, 3.63) is 23.3 Å². The summed E-state index contributed by atoms with van der Waals surface area (Å²) in [5, 5.41) is 40.3. The third-order valence-electron chi connectivity index (χ3n) is 2.70. The molecule has 0 saturated carbocycles. The summed E-state index contributed by atoms with van der Waals surface area (Å²) in [7, 11) is 2.88. The minimum absolute atomic E-state index is 0.0890. The summed E-state index contributed by atoms with van der Waals surface area (Å²) in [6.07, 6.45) is 1.26. The smallest absolute Gasteiger partial charge is 0.271 e. The van der Waals surface area contributed by atoms with Gasteiger partial charge in [-0.1, -0.05) is 13.8 Å². The molecule has 25 heavy (non-hydrogen) atoms. The van der Waals surface area contributed by atoms with Crippen molar-refractivity contribution in [2.24, 2.45) is 9.98 Å². The predicted molar refractivity (Wildman–Crippen MR) is 96.6 cm³/mol. The fraction of sp³-hybridized carbons (Fsp3) is 0.250. The van der Waals surface area contributed by atoms with Gasteiger partial charge >= 0.3 is 0 Å². The minimum Gasteiger partial charge on any atom is -0.506 e. The lowest BCUT2D eigenvalue weighted by Crippen LogP contribution is -2.32. The van der Waals surface area contributed by atoms with E-state index in [1.54, 1.807) is 6.07 Å². The Balaban J connectivity index is 0.00000277. The third kappa shape index (κ3) is 5.54.